The number of nitrogens with zero attached hydrogens (tertiary/aromatic N) is 2. The van der Waals surface area contributed by atoms with E-state index in [1.165, 1.54) is 18.4 Å². The topological polar surface area (TPSA) is 73.2 Å². The number of nitrogens with one attached hydrogen (secondary N) is 1. The smallest absolute Gasteiger partial charge is 0.349 e. The molecule has 1 amide bonds. The summed E-state index contributed by atoms with van der Waals surface area (Å²) in [6.07, 6.45) is 1.75. The molecule has 2 heterocycles. The molecule has 0 fully saturated rings. The molecular weight excluding hydrogens is 430 g/mol. The Labute approximate surface area is 160 Å². The second-order valence-electron chi connectivity index (χ2n) is 5.08. The zero-order valence-electron chi connectivity index (χ0n) is 13.3. The number of thiophene rings is 1. The third kappa shape index (κ3) is 3.42. The number of amides is 1. The summed E-state index contributed by atoms with van der Waals surface area (Å²) in [6, 6.07) is 5.25. The molecule has 2 aromatic heterocycles. The van der Waals surface area contributed by atoms with E-state index < -0.39 is 5.97 Å². The van der Waals surface area contributed by atoms with Crippen LogP contribution in [0.1, 0.15) is 27.1 Å². The number of esters is 1. The molecule has 0 atom stereocenters. The van der Waals surface area contributed by atoms with Crippen molar-refractivity contribution in [3.63, 3.8) is 0 Å². The van der Waals surface area contributed by atoms with Crippen LogP contribution < -0.4 is 5.32 Å². The van der Waals surface area contributed by atoms with Crippen LogP contribution in [0.25, 0.3) is 10.1 Å². The van der Waals surface area contributed by atoms with Gasteiger partial charge in [0.15, 0.2) is 5.69 Å². The number of aryl methyl sites for hydroxylation is 1. The maximum absolute atomic E-state index is 12.4. The van der Waals surface area contributed by atoms with Gasteiger partial charge in [-0.05, 0) is 41.1 Å². The highest BCUT2D eigenvalue weighted by Crippen LogP contribution is 2.37. The van der Waals surface area contributed by atoms with Gasteiger partial charge in [-0.2, -0.15) is 5.10 Å². The van der Waals surface area contributed by atoms with Crippen LogP contribution in [0.5, 0.6) is 0 Å². The minimum Gasteiger partial charge on any atom is -0.465 e. The molecule has 130 valence electrons. The quantitative estimate of drug-likeness (QED) is 0.601. The van der Waals surface area contributed by atoms with E-state index in [2.05, 4.69) is 26.3 Å². The lowest BCUT2D eigenvalue weighted by Crippen LogP contribution is -2.13. The molecule has 9 heteroatoms. The van der Waals surface area contributed by atoms with Crippen LogP contribution in [0.3, 0.4) is 0 Å². The van der Waals surface area contributed by atoms with Gasteiger partial charge in [0, 0.05) is 28.5 Å². The molecule has 0 aliphatic rings. The lowest BCUT2D eigenvalue weighted by Gasteiger charge is -2.04. The van der Waals surface area contributed by atoms with E-state index >= 15 is 0 Å². The molecule has 0 unspecified atom stereocenters. The first-order valence-corrected chi connectivity index (χ1v) is 9.28. The average Bonchev–Trinajstić information content (AvgIpc) is 3.14. The largest absolute Gasteiger partial charge is 0.465 e. The summed E-state index contributed by atoms with van der Waals surface area (Å²) in [6.45, 7) is 2.61. The van der Waals surface area contributed by atoms with Crippen molar-refractivity contribution in [1.82, 2.24) is 9.78 Å². The van der Waals surface area contributed by atoms with Crippen molar-refractivity contribution < 1.29 is 14.3 Å². The molecule has 25 heavy (non-hydrogen) atoms. The van der Waals surface area contributed by atoms with Crippen molar-refractivity contribution in [2.45, 2.75) is 13.5 Å². The van der Waals surface area contributed by atoms with E-state index in [0.29, 0.717) is 32.3 Å². The average molecular weight is 443 g/mol. The molecular formula is C16H13BrClN3O3S. The van der Waals surface area contributed by atoms with Gasteiger partial charge in [0.05, 0.1) is 16.6 Å². The highest BCUT2D eigenvalue weighted by Gasteiger charge is 2.19. The van der Waals surface area contributed by atoms with Crippen LogP contribution in [0.4, 0.5) is 5.69 Å². The normalized spacial score (nSPS) is 10.9. The van der Waals surface area contributed by atoms with Crippen LogP contribution in [-0.2, 0) is 11.3 Å². The number of carbonyl (C=O) groups excluding carboxylic acids is 2. The summed E-state index contributed by atoms with van der Waals surface area (Å²) in [4.78, 5) is 24.5. The van der Waals surface area contributed by atoms with E-state index in [1.807, 2.05) is 6.92 Å². The van der Waals surface area contributed by atoms with E-state index in [-0.39, 0.29) is 5.91 Å². The van der Waals surface area contributed by atoms with E-state index in [1.54, 1.807) is 29.1 Å². The van der Waals surface area contributed by atoms with Gasteiger partial charge in [0.2, 0.25) is 0 Å². The fourth-order valence-electron chi connectivity index (χ4n) is 2.27. The van der Waals surface area contributed by atoms with Crippen LogP contribution in [-0.4, -0.2) is 28.8 Å². The molecule has 0 spiro atoms. The maximum Gasteiger partial charge on any atom is 0.349 e. The van der Waals surface area contributed by atoms with E-state index in [9.17, 15) is 9.59 Å². The minimum atomic E-state index is -0.481. The Kier molecular flexibility index (Phi) is 5.12. The lowest BCUT2D eigenvalue weighted by molar-refractivity contribution is 0.0606. The maximum atomic E-state index is 12.4. The molecule has 0 radical (unpaired) electrons. The zero-order chi connectivity index (χ0) is 18.1. The molecule has 0 aliphatic heterocycles. The van der Waals surface area contributed by atoms with Crippen LogP contribution >= 0.6 is 38.9 Å². The Hall–Kier alpha value is -1.90. The van der Waals surface area contributed by atoms with Gasteiger partial charge in [-0.3, -0.25) is 9.48 Å². The molecule has 3 aromatic rings. The number of hydrogen-bond donors (Lipinski definition) is 1. The molecule has 1 aromatic carbocycles. The van der Waals surface area contributed by atoms with E-state index in [0.717, 1.165) is 10.1 Å². The van der Waals surface area contributed by atoms with Gasteiger partial charge in [0.25, 0.3) is 5.91 Å². The highest BCUT2D eigenvalue weighted by atomic mass is 79.9. The Morgan fingerprint density at radius 3 is 2.84 bits per heavy atom. The van der Waals surface area contributed by atoms with Crippen molar-refractivity contribution >= 4 is 66.5 Å². The second-order valence-corrected chi connectivity index (χ2v) is 7.37. The molecule has 3 rings (SSSR count). The number of methoxy groups -OCH3 is 1. The summed E-state index contributed by atoms with van der Waals surface area (Å²) in [5, 5.41) is 8.11. The monoisotopic (exact) mass is 441 g/mol. The Morgan fingerprint density at radius 2 is 2.20 bits per heavy atom. The van der Waals surface area contributed by atoms with Crippen LogP contribution in [0.15, 0.2) is 28.9 Å². The number of ether oxygens (including phenoxy) is 1. The third-order valence-electron chi connectivity index (χ3n) is 3.51. The molecule has 0 bridgehead atoms. The SMILES string of the molecule is CCn1cc(Br)c(C(=O)Nc2ccc3c(Cl)c(C(=O)OC)sc3c2)n1. The number of aromatic nitrogens is 2. The van der Waals surface area contributed by atoms with Gasteiger partial charge in [0.1, 0.15) is 4.88 Å². The van der Waals surface area contributed by atoms with Crippen molar-refractivity contribution in [3.05, 3.63) is 44.5 Å². The van der Waals surface area contributed by atoms with Gasteiger partial charge in [-0.25, -0.2) is 4.79 Å². The van der Waals surface area contributed by atoms with Gasteiger partial charge < -0.3 is 10.1 Å². The first-order chi connectivity index (χ1) is 11.9. The molecule has 0 aliphatic carbocycles. The lowest BCUT2D eigenvalue weighted by atomic mass is 10.2. The predicted molar refractivity (Wildman–Crippen MR) is 102 cm³/mol. The molecule has 6 nitrogen and oxygen atoms in total. The summed E-state index contributed by atoms with van der Waals surface area (Å²) in [5.74, 6) is -0.805. The highest BCUT2D eigenvalue weighted by molar-refractivity contribution is 9.10. The number of benzene rings is 1. The number of fused-ring (bicyclic) bond motifs is 1. The van der Waals surface area contributed by atoms with Crippen LogP contribution in [0.2, 0.25) is 5.02 Å². The summed E-state index contributed by atoms with van der Waals surface area (Å²) in [5.41, 5.74) is 0.895. The standard InChI is InChI=1S/C16H13BrClN3O3S/c1-3-21-7-10(17)13(20-21)15(22)19-8-4-5-9-11(6-8)25-14(12(9)18)16(23)24-2/h4-7H,3H2,1-2H3,(H,19,22). The van der Waals surface area contributed by atoms with Gasteiger partial charge in [-0.1, -0.05) is 11.6 Å². The fraction of sp³-hybridized carbons (Fsp3) is 0.188. The van der Waals surface area contributed by atoms with E-state index in [4.69, 9.17) is 16.3 Å². The summed E-state index contributed by atoms with van der Waals surface area (Å²) >= 11 is 10.8. The van der Waals surface area contributed by atoms with Crippen molar-refractivity contribution in [3.8, 4) is 0 Å². The number of rotatable bonds is 4. The fourth-order valence-corrected chi connectivity index (χ4v) is 4.23. The van der Waals surface area contributed by atoms with Crippen molar-refractivity contribution in [1.29, 1.82) is 0 Å². The first-order valence-electron chi connectivity index (χ1n) is 7.29. The number of anilines is 1. The number of hydrogen-bond acceptors (Lipinski definition) is 5. The van der Waals surface area contributed by atoms with Crippen molar-refractivity contribution in [2.24, 2.45) is 0 Å². The third-order valence-corrected chi connectivity index (χ3v) is 5.73. The summed E-state index contributed by atoms with van der Waals surface area (Å²) < 4.78 is 7.80. The Balaban J connectivity index is 1.90. The van der Waals surface area contributed by atoms with Gasteiger partial charge in [-0.15, -0.1) is 11.3 Å². The molecule has 0 saturated heterocycles. The minimum absolute atomic E-state index is 0.307. The Morgan fingerprint density at radius 1 is 1.44 bits per heavy atom. The van der Waals surface area contributed by atoms with Crippen LogP contribution in [0, 0.1) is 0 Å². The Bertz CT molecular complexity index is 983. The second kappa shape index (κ2) is 7.15. The first kappa shape index (κ1) is 17.9. The van der Waals surface area contributed by atoms with Gasteiger partial charge >= 0.3 is 5.97 Å². The zero-order valence-corrected chi connectivity index (χ0v) is 16.5. The summed E-state index contributed by atoms with van der Waals surface area (Å²) in [7, 11) is 1.31. The van der Waals surface area contributed by atoms with Crippen molar-refractivity contribution in [2.75, 3.05) is 12.4 Å². The number of carbonyl (C=O) groups is 2. The molecule has 1 N–H and O–H groups in total. The number of halogens is 2. The predicted octanol–water partition coefficient (Wildman–Crippen LogP) is 4.57. The molecule has 0 saturated carbocycles.